The van der Waals surface area contributed by atoms with Gasteiger partial charge < -0.3 is 23.7 Å². The van der Waals surface area contributed by atoms with E-state index in [0.717, 1.165) is 16.7 Å². The van der Waals surface area contributed by atoms with Gasteiger partial charge in [-0.2, -0.15) is 9.97 Å². The minimum absolute atomic E-state index is 0.0114. The van der Waals surface area contributed by atoms with E-state index in [2.05, 4.69) is 20.3 Å². The second-order valence-corrected chi connectivity index (χ2v) is 15.1. The Kier molecular flexibility index (Phi) is 12.5. The van der Waals surface area contributed by atoms with Gasteiger partial charge in [0, 0.05) is 28.0 Å². The van der Waals surface area contributed by atoms with Gasteiger partial charge in [0.15, 0.2) is 11.2 Å². The van der Waals surface area contributed by atoms with Crippen LogP contribution < -0.4 is 19.5 Å². The van der Waals surface area contributed by atoms with Crippen molar-refractivity contribution < 1.29 is 42.5 Å². The number of hydrogen-bond acceptors (Lipinski definition) is 11. The van der Waals surface area contributed by atoms with Crippen LogP contribution in [-0.2, 0) is 29.0 Å². The number of rotatable bonds is 15. The number of ether oxygens (including phenoxy) is 5. The molecule has 2 N–H and O–H groups in total. The van der Waals surface area contributed by atoms with E-state index in [1.54, 1.807) is 44.8 Å². The summed E-state index contributed by atoms with van der Waals surface area (Å²) in [7, 11) is 0.148. The first-order chi connectivity index (χ1) is 28.0. The molecule has 3 heterocycles. The van der Waals surface area contributed by atoms with Crippen LogP contribution in [0.15, 0.2) is 103 Å². The predicted molar refractivity (Wildman–Crippen MR) is 217 cm³/mol. The average Bonchev–Trinajstić information content (AvgIpc) is 3.84. The summed E-state index contributed by atoms with van der Waals surface area (Å²) in [5, 5.41) is 3.36. The first kappa shape index (κ1) is 41.0. The predicted octanol–water partition coefficient (Wildman–Crippen LogP) is 8.87. The molecule has 1 unspecified atom stereocenters. The minimum atomic E-state index is -3.05. The first-order valence-corrected chi connectivity index (χ1v) is 20.0. The molecule has 58 heavy (non-hydrogen) atoms. The van der Waals surface area contributed by atoms with Crippen molar-refractivity contribution in [3.63, 3.8) is 0 Å². The molecule has 0 radical (unpaired) electrons. The molecule has 1 aliphatic heterocycles. The lowest BCUT2D eigenvalue weighted by atomic mass is 9.80. The zero-order valence-electron chi connectivity index (χ0n) is 31.7. The van der Waals surface area contributed by atoms with Crippen molar-refractivity contribution in [2.75, 3.05) is 26.1 Å². The van der Waals surface area contributed by atoms with Gasteiger partial charge in [-0.15, -0.1) is 9.42 Å². The molecular weight excluding hydrogens is 808 g/mol. The molecule has 0 spiro atoms. The van der Waals surface area contributed by atoms with Crippen LogP contribution in [0, 0.1) is 5.92 Å². The molecule has 2 aromatic heterocycles. The van der Waals surface area contributed by atoms with Crippen LogP contribution in [0.4, 0.5) is 5.95 Å². The van der Waals surface area contributed by atoms with Gasteiger partial charge in [0.2, 0.25) is 11.9 Å². The highest BCUT2D eigenvalue weighted by Crippen LogP contribution is 2.44. The maximum Gasteiger partial charge on any atom is 0.695 e. The molecule has 0 bridgehead atoms. The van der Waals surface area contributed by atoms with Crippen molar-refractivity contribution >= 4 is 54.5 Å². The molecule has 4 atom stereocenters. The second kappa shape index (κ2) is 17.8. The number of carbonyl (C=O) groups is 1. The van der Waals surface area contributed by atoms with E-state index < -0.39 is 32.3 Å². The zero-order chi connectivity index (χ0) is 41.0. The van der Waals surface area contributed by atoms with E-state index in [9.17, 15) is 14.3 Å². The molecule has 1 amide bonds. The summed E-state index contributed by atoms with van der Waals surface area (Å²) in [6, 6.07) is 29.5. The quantitative estimate of drug-likeness (QED) is 0.0746. The van der Waals surface area contributed by atoms with Crippen molar-refractivity contribution in [1.29, 1.82) is 0 Å². The Hall–Kier alpha value is -5.18. The zero-order valence-corrected chi connectivity index (χ0v) is 34.2. The molecule has 7 rings (SSSR count). The summed E-state index contributed by atoms with van der Waals surface area (Å²) >= 11 is 12.7. The van der Waals surface area contributed by atoms with Gasteiger partial charge >= 0.3 is 8.25 Å². The van der Waals surface area contributed by atoms with Crippen LogP contribution in [-0.4, -0.2) is 63.4 Å². The van der Waals surface area contributed by atoms with Gasteiger partial charge in [-0.3, -0.25) is 14.7 Å². The van der Waals surface area contributed by atoms with Gasteiger partial charge in [-0.25, -0.2) is 4.98 Å². The Morgan fingerprint density at radius 1 is 0.948 bits per heavy atom. The third-order valence-corrected chi connectivity index (χ3v) is 10.6. The monoisotopic (exact) mass is 846 g/mol. The Balaban J connectivity index is 1.28. The Bertz CT molecular complexity index is 2350. The first-order valence-electron chi connectivity index (χ1n) is 18.1. The SMILES string of the molecule is COc1ccc(C(OC[C@H]2O[C@@H](n3cnc4c(Oc5cc(Cl)ccc5Cl)nc(NC(=O)C(C)C)nc43)C[C@@H]2O[P+](=O)O)(c2ccccc2)c2ccc(OC)cc2)cc1. The molecule has 17 heteroatoms. The number of aromatic nitrogens is 4. The fraction of sp³-hybridized carbons (Fsp3) is 0.268. The molecule has 1 saturated heterocycles. The van der Waals surface area contributed by atoms with E-state index in [0.29, 0.717) is 16.5 Å². The molecule has 0 saturated carbocycles. The number of benzene rings is 4. The highest BCUT2D eigenvalue weighted by atomic mass is 35.5. The summed E-state index contributed by atoms with van der Waals surface area (Å²) in [5.41, 5.74) is 1.62. The molecule has 4 aromatic carbocycles. The van der Waals surface area contributed by atoms with Gasteiger partial charge in [0.25, 0.3) is 5.88 Å². The topological polar surface area (TPSA) is 165 Å². The summed E-state index contributed by atoms with van der Waals surface area (Å²) in [6.07, 6.45) is -1.06. The Morgan fingerprint density at radius 3 is 2.19 bits per heavy atom. The lowest BCUT2D eigenvalue weighted by molar-refractivity contribution is -0.118. The van der Waals surface area contributed by atoms with E-state index in [1.807, 2.05) is 78.9 Å². The maximum atomic E-state index is 12.8. The fourth-order valence-corrected chi connectivity index (χ4v) is 7.44. The van der Waals surface area contributed by atoms with Crippen molar-refractivity contribution in [2.24, 2.45) is 5.92 Å². The van der Waals surface area contributed by atoms with Crippen LogP contribution in [0.25, 0.3) is 11.2 Å². The number of halogens is 2. The van der Waals surface area contributed by atoms with Gasteiger partial charge in [0.05, 0.1) is 32.2 Å². The molecule has 0 aliphatic carbocycles. The normalized spacial score (nSPS) is 17.0. The van der Waals surface area contributed by atoms with E-state index in [-0.39, 0.29) is 58.6 Å². The molecular formula is C41H39Cl2N5O9P+. The summed E-state index contributed by atoms with van der Waals surface area (Å²) in [4.78, 5) is 36.4. The van der Waals surface area contributed by atoms with E-state index >= 15 is 0 Å². The largest absolute Gasteiger partial charge is 0.695 e. The number of nitrogens with one attached hydrogen (secondary N) is 1. The number of methoxy groups -OCH3 is 2. The molecule has 1 aliphatic rings. The molecule has 1 fully saturated rings. The number of carbonyl (C=O) groups excluding carboxylic acids is 1. The highest BCUT2D eigenvalue weighted by Gasteiger charge is 2.46. The van der Waals surface area contributed by atoms with Crippen LogP contribution >= 0.6 is 31.5 Å². The van der Waals surface area contributed by atoms with Crippen molar-refractivity contribution in [3.05, 3.63) is 130 Å². The van der Waals surface area contributed by atoms with Crippen LogP contribution in [0.3, 0.4) is 0 Å². The van der Waals surface area contributed by atoms with E-state index in [4.69, 9.17) is 51.4 Å². The van der Waals surface area contributed by atoms with Crippen LogP contribution in [0.5, 0.6) is 23.1 Å². The third kappa shape index (κ3) is 8.64. The summed E-state index contributed by atoms with van der Waals surface area (Å²) in [5.74, 6) is 0.745. The summed E-state index contributed by atoms with van der Waals surface area (Å²) < 4.78 is 50.2. The fourth-order valence-electron chi connectivity index (χ4n) is 6.67. The molecule has 6 aromatic rings. The van der Waals surface area contributed by atoms with E-state index in [1.165, 1.54) is 12.4 Å². The van der Waals surface area contributed by atoms with Gasteiger partial charge in [0.1, 0.15) is 41.3 Å². The van der Waals surface area contributed by atoms with Crippen molar-refractivity contribution in [1.82, 2.24) is 19.5 Å². The number of fused-ring (bicyclic) bond motifs is 1. The molecule has 300 valence electrons. The number of imidazole rings is 1. The highest BCUT2D eigenvalue weighted by molar-refractivity contribution is 7.32. The Morgan fingerprint density at radius 2 is 1.59 bits per heavy atom. The number of anilines is 1. The average molecular weight is 848 g/mol. The number of amides is 1. The third-order valence-electron chi connectivity index (χ3n) is 9.60. The lowest BCUT2D eigenvalue weighted by Crippen LogP contribution is -2.38. The Labute approximate surface area is 344 Å². The number of nitrogens with zero attached hydrogens (tertiary/aromatic N) is 4. The van der Waals surface area contributed by atoms with Gasteiger partial charge in [-0.05, 0) is 53.1 Å². The standard InChI is InChI=1S/C41H38Cl2N5O9P/c1-24(2)38(49)46-40-45-37-36(39(47-40)56-32-20-28(42)14-19-31(32)43)44-23-48(37)35-21-33(57-58(50)51)34(55-35)22-54-41(25-8-6-5-7-9-25,26-10-15-29(52-3)16-11-26)27-12-17-30(53-4)18-13-27/h5-20,23-24,33-35H,21-22H2,1-4H3,(H-,45,46,47,49,50,51)/p+1/t33-,34+,35+/m0/s1. The smallest absolute Gasteiger partial charge is 0.497 e. The lowest BCUT2D eigenvalue weighted by Gasteiger charge is -2.37. The van der Waals surface area contributed by atoms with Crippen molar-refractivity contribution in [2.45, 2.75) is 44.3 Å². The van der Waals surface area contributed by atoms with Crippen molar-refractivity contribution in [3.8, 4) is 23.1 Å². The number of hydrogen-bond donors (Lipinski definition) is 2. The second-order valence-electron chi connectivity index (χ2n) is 13.6. The minimum Gasteiger partial charge on any atom is -0.497 e. The molecule has 14 nitrogen and oxygen atoms in total. The summed E-state index contributed by atoms with van der Waals surface area (Å²) in [6.45, 7) is 3.37. The van der Waals surface area contributed by atoms with Gasteiger partial charge in [-0.1, -0.05) is 91.6 Å². The van der Waals surface area contributed by atoms with Crippen LogP contribution in [0.1, 0.15) is 43.2 Å². The maximum absolute atomic E-state index is 12.8. The van der Waals surface area contributed by atoms with Crippen LogP contribution in [0.2, 0.25) is 10.0 Å².